The summed E-state index contributed by atoms with van der Waals surface area (Å²) in [5.74, 6) is -0.207. The largest absolute Gasteiger partial charge is 2.00 e. The Morgan fingerprint density at radius 3 is 2.33 bits per heavy atom. The van der Waals surface area contributed by atoms with Gasteiger partial charge in [0.05, 0.1) is 0 Å². The van der Waals surface area contributed by atoms with Gasteiger partial charge >= 0.3 is 23.1 Å². The van der Waals surface area contributed by atoms with Crippen LogP contribution in [0, 0.1) is 11.9 Å². The molecule has 0 nitrogen and oxygen atoms in total. The predicted molar refractivity (Wildman–Crippen MR) is 56.4 cm³/mol. The van der Waals surface area contributed by atoms with Crippen molar-refractivity contribution in [2.24, 2.45) is 0 Å². The molecule has 0 unspecified atom stereocenters. The van der Waals surface area contributed by atoms with Crippen LogP contribution in [-0.4, -0.2) is 23.1 Å². The molecule has 2 aromatic rings. The van der Waals surface area contributed by atoms with E-state index in [-0.39, 0.29) is 45.9 Å². The molecule has 0 heterocycles. The van der Waals surface area contributed by atoms with E-state index in [1.807, 2.05) is 30.3 Å². The second-order valence-electron chi connectivity index (χ2n) is 2.80. The molecule has 3 heteroatoms. The van der Waals surface area contributed by atoms with Crippen LogP contribution in [0.1, 0.15) is 0 Å². The number of hydrogen-bond donors (Lipinski definition) is 0. The van der Waals surface area contributed by atoms with Crippen LogP contribution in [-0.2, 0) is 0 Å². The van der Waals surface area contributed by atoms with Gasteiger partial charge in [0.25, 0.3) is 0 Å². The van der Waals surface area contributed by atoms with Gasteiger partial charge in [-0.05, 0) is 12.1 Å². The van der Waals surface area contributed by atoms with Crippen LogP contribution in [0.25, 0.3) is 11.1 Å². The zero-order valence-electron chi connectivity index (χ0n) is 8.08. The maximum atomic E-state index is 12.8. The Balaban J connectivity index is 0.000000980. The van der Waals surface area contributed by atoms with E-state index in [1.165, 1.54) is 12.1 Å². The molecule has 0 bridgehead atoms. The summed E-state index contributed by atoms with van der Waals surface area (Å²) in [6.07, 6.45) is 0. The molecule has 0 N–H and O–H groups in total. The van der Waals surface area contributed by atoms with E-state index in [0.717, 1.165) is 11.1 Å². The molecule has 0 aliphatic carbocycles. The van der Waals surface area contributed by atoms with E-state index >= 15 is 0 Å². The SMILES string of the molecule is Fc1cccc(-c2c[c-]ccc2)c1.[Br-].[Mg+2]. The van der Waals surface area contributed by atoms with Crippen molar-refractivity contribution in [1.29, 1.82) is 0 Å². The van der Waals surface area contributed by atoms with E-state index < -0.39 is 0 Å². The normalized spacial score (nSPS) is 8.60. The summed E-state index contributed by atoms with van der Waals surface area (Å²) >= 11 is 0. The first-order valence-corrected chi connectivity index (χ1v) is 4.08. The van der Waals surface area contributed by atoms with Crippen LogP contribution < -0.4 is 17.0 Å². The van der Waals surface area contributed by atoms with Crippen molar-refractivity contribution in [1.82, 2.24) is 0 Å². The third-order valence-corrected chi connectivity index (χ3v) is 1.87. The summed E-state index contributed by atoms with van der Waals surface area (Å²) in [7, 11) is 0. The fourth-order valence-electron chi connectivity index (χ4n) is 1.24. The summed E-state index contributed by atoms with van der Waals surface area (Å²) in [4.78, 5) is 0. The summed E-state index contributed by atoms with van der Waals surface area (Å²) in [5.41, 5.74) is 1.87. The Morgan fingerprint density at radius 1 is 1.00 bits per heavy atom. The van der Waals surface area contributed by atoms with Gasteiger partial charge in [0.2, 0.25) is 0 Å². The molecule has 0 saturated carbocycles. The molecule has 15 heavy (non-hydrogen) atoms. The Hall–Kier alpha value is -0.384. The molecule has 72 valence electrons. The van der Waals surface area contributed by atoms with Gasteiger partial charge in [0.1, 0.15) is 5.82 Å². The molecule has 0 spiro atoms. The number of hydrogen-bond acceptors (Lipinski definition) is 0. The first-order chi connectivity index (χ1) is 6.36. The van der Waals surface area contributed by atoms with Gasteiger partial charge < -0.3 is 17.0 Å². The van der Waals surface area contributed by atoms with Gasteiger partial charge in [0, 0.05) is 0 Å². The third-order valence-electron chi connectivity index (χ3n) is 1.87. The van der Waals surface area contributed by atoms with E-state index in [2.05, 4.69) is 6.07 Å². The fraction of sp³-hybridized carbons (Fsp3) is 0. The Labute approximate surface area is 115 Å². The van der Waals surface area contributed by atoms with Crippen LogP contribution in [0.2, 0.25) is 0 Å². The minimum absolute atomic E-state index is 0. The monoisotopic (exact) mass is 274 g/mol. The molecule has 0 radical (unpaired) electrons. The van der Waals surface area contributed by atoms with Crippen molar-refractivity contribution in [3.63, 3.8) is 0 Å². The predicted octanol–water partition coefficient (Wildman–Crippen LogP) is -0.0839. The first-order valence-electron chi connectivity index (χ1n) is 4.08. The maximum absolute atomic E-state index is 12.8. The molecule has 2 rings (SSSR count). The fourth-order valence-corrected chi connectivity index (χ4v) is 1.24. The van der Waals surface area contributed by atoms with Crippen LogP contribution >= 0.6 is 0 Å². The Morgan fingerprint density at radius 2 is 1.73 bits per heavy atom. The van der Waals surface area contributed by atoms with Gasteiger partial charge in [-0.25, -0.2) is 4.39 Å². The van der Waals surface area contributed by atoms with Gasteiger partial charge in [-0.3, -0.25) is 0 Å². The van der Waals surface area contributed by atoms with Crippen LogP contribution in [0.3, 0.4) is 0 Å². The molecular weight excluding hydrogens is 267 g/mol. The number of rotatable bonds is 1. The smallest absolute Gasteiger partial charge is 1.00 e. The minimum atomic E-state index is -0.207. The maximum Gasteiger partial charge on any atom is 2.00 e. The van der Waals surface area contributed by atoms with Crippen LogP contribution in [0.15, 0.2) is 48.5 Å². The zero-order chi connectivity index (χ0) is 9.10. The van der Waals surface area contributed by atoms with Gasteiger partial charge in [-0.1, -0.05) is 17.7 Å². The number of benzene rings is 2. The molecule has 0 saturated heterocycles. The van der Waals surface area contributed by atoms with Crippen LogP contribution in [0.5, 0.6) is 0 Å². The molecule has 0 fully saturated rings. The van der Waals surface area contributed by atoms with Crippen LogP contribution in [0.4, 0.5) is 4.39 Å². The quantitative estimate of drug-likeness (QED) is 0.504. The molecule has 0 aliphatic rings. The van der Waals surface area contributed by atoms with Crippen molar-refractivity contribution < 1.29 is 21.4 Å². The van der Waals surface area contributed by atoms with Gasteiger partial charge in [0.15, 0.2) is 0 Å². The molecule has 0 atom stereocenters. The first kappa shape index (κ1) is 14.6. The van der Waals surface area contributed by atoms with Gasteiger partial charge in [-0.15, -0.1) is 5.56 Å². The van der Waals surface area contributed by atoms with Crippen molar-refractivity contribution in [3.8, 4) is 11.1 Å². The third kappa shape index (κ3) is 3.93. The Kier molecular flexibility index (Phi) is 6.81. The topological polar surface area (TPSA) is 0 Å². The summed E-state index contributed by atoms with van der Waals surface area (Å²) in [6.45, 7) is 0. The molecule has 2 aromatic carbocycles. The summed E-state index contributed by atoms with van der Waals surface area (Å²) in [6, 6.07) is 17.0. The van der Waals surface area contributed by atoms with E-state index in [1.54, 1.807) is 6.07 Å². The Bertz CT molecular complexity index is 403. The molecule has 0 aromatic heterocycles. The second-order valence-corrected chi connectivity index (χ2v) is 2.80. The van der Waals surface area contributed by atoms with Gasteiger partial charge in [-0.2, -0.15) is 30.3 Å². The summed E-state index contributed by atoms with van der Waals surface area (Å²) in [5, 5.41) is 0. The van der Waals surface area contributed by atoms with Crippen molar-refractivity contribution in [2.75, 3.05) is 0 Å². The van der Waals surface area contributed by atoms with Crippen molar-refractivity contribution >= 4 is 23.1 Å². The standard InChI is InChI=1S/C12H8F.BrH.Mg/c13-12-8-4-7-11(9-12)10-5-2-1-3-6-10;;/h1-2,4-9H;1H;/q-1;;+2/p-1. The molecule has 0 amide bonds. The van der Waals surface area contributed by atoms with Crippen molar-refractivity contribution in [2.45, 2.75) is 0 Å². The molecule has 0 aliphatic heterocycles. The zero-order valence-corrected chi connectivity index (χ0v) is 11.1. The van der Waals surface area contributed by atoms with E-state index in [4.69, 9.17) is 0 Å². The average Bonchev–Trinajstić information content (AvgIpc) is 2.19. The minimum Gasteiger partial charge on any atom is -1.00 e. The van der Waals surface area contributed by atoms with E-state index in [9.17, 15) is 4.39 Å². The second kappa shape index (κ2) is 6.98. The van der Waals surface area contributed by atoms with E-state index in [0.29, 0.717) is 0 Å². The number of halogens is 2. The van der Waals surface area contributed by atoms with Crippen molar-refractivity contribution in [3.05, 3.63) is 60.4 Å². The average molecular weight is 275 g/mol. The summed E-state index contributed by atoms with van der Waals surface area (Å²) < 4.78 is 12.8. The molecular formula is C12H8BrFMg.